The van der Waals surface area contributed by atoms with Crippen LogP contribution in [0.5, 0.6) is 0 Å². The van der Waals surface area contributed by atoms with E-state index in [-0.39, 0.29) is 30.0 Å². The monoisotopic (exact) mass is 311 g/mol. The Hall–Kier alpha value is -1.66. The number of piperidine rings is 1. The molecule has 2 unspecified atom stereocenters. The zero-order valence-electron chi connectivity index (χ0n) is 11.5. The van der Waals surface area contributed by atoms with Gasteiger partial charge in [-0.3, -0.25) is 14.9 Å². The lowest BCUT2D eigenvalue weighted by molar-refractivity contribution is -0.384. The molecular weight excluding hydrogens is 294 g/mol. The molecule has 0 aliphatic carbocycles. The second-order valence-electron chi connectivity index (χ2n) is 5.58. The van der Waals surface area contributed by atoms with Gasteiger partial charge in [-0.25, -0.2) is 0 Å². The molecule has 0 saturated carbocycles. The van der Waals surface area contributed by atoms with Gasteiger partial charge >= 0.3 is 0 Å². The predicted octanol–water partition coefficient (Wildman–Crippen LogP) is 2.03. The van der Waals surface area contributed by atoms with Crippen LogP contribution in [0.4, 0.5) is 5.69 Å². The first-order chi connectivity index (χ1) is 9.61. The van der Waals surface area contributed by atoms with Crippen molar-refractivity contribution in [3.63, 3.8) is 0 Å². The van der Waals surface area contributed by atoms with Crippen LogP contribution in [0.15, 0.2) is 24.3 Å². The number of amides is 1. The Morgan fingerprint density at radius 1 is 1.19 bits per heavy atom. The van der Waals surface area contributed by atoms with Gasteiger partial charge in [0, 0.05) is 35.8 Å². The number of nitrogens with one attached hydrogen (secondary N) is 2. The van der Waals surface area contributed by atoms with Crippen molar-refractivity contribution in [3.8, 4) is 0 Å². The molecule has 3 rings (SSSR count). The van der Waals surface area contributed by atoms with Gasteiger partial charge in [-0.1, -0.05) is 0 Å². The number of carbonyl (C=O) groups excluding carboxylic acids is 1. The van der Waals surface area contributed by atoms with Gasteiger partial charge in [-0.05, 0) is 37.8 Å². The SMILES string of the molecule is Cl.O=C(NC1CC2CCC(C1)N2)c1ccc([N+](=O)[O-])cc1. The van der Waals surface area contributed by atoms with Crippen molar-refractivity contribution in [2.45, 2.75) is 43.8 Å². The number of hydrogen-bond acceptors (Lipinski definition) is 4. The van der Waals surface area contributed by atoms with Crippen LogP contribution in [-0.2, 0) is 0 Å². The van der Waals surface area contributed by atoms with E-state index in [0.29, 0.717) is 17.6 Å². The molecule has 1 amide bonds. The smallest absolute Gasteiger partial charge is 0.269 e. The quantitative estimate of drug-likeness (QED) is 0.661. The normalized spacial score (nSPS) is 26.8. The minimum atomic E-state index is -0.466. The summed E-state index contributed by atoms with van der Waals surface area (Å²) in [5.41, 5.74) is 0.475. The summed E-state index contributed by atoms with van der Waals surface area (Å²) in [6, 6.07) is 6.98. The predicted molar refractivity (Wildman–Crippen MR) is 80.8 cm³/mol. The van der Waals surface area contributed by atoms with Crippen molar-refractivity contribution >= 4 is 24.0 Å². The number of carbonyl (C=O) groups is 1. The second-order valence-corrected chi connectivity index (χ2v) is 5.58. The molecule has 7 heteroatoms. The first-order valence-corrected chi connectivity index (χ1v) is 6.93. The summed E-state index contributed by atoms with van der Waals surface area (Å²) in [6.07, 6.45) is 4.31. The molecule has 0 radical (unpaired) electrons. The number of benzene rings is 1. The van der Waals surface area contributed by atoms with Crippen LogP contribution < -0.4 is 10.6 Å². The molecule has 6 nitrogen and oxygen atoms in total. The number of rotatable bonds is 3. The fourth-order valence-corrected chi connectivity index (χ4v) is 3.18. The molecule has 1 aromatic carbocycles. The Bertz CT molecular complexity index is 523. The maximum atomic E-state index is 12.1. The molecule has 2 aliphatic rings. The minimum absolute atomic E-state index is 0. The fourth-order valence-electron chi connectivity index (χ4n) is 3.18. The van der Waals surface area contributed by atoms with Crippen LogP contribution in [0.2, 0.25) is 0 Å². The van der Waals surface area contributed by atoms with Gasteiger partial charge in [0.15, 0.2) is 0 Å². The Balaban J connectivity index is 0.00000161. The summed E-state index contributed by atoms with van der Waals surface area (Å²) in [6.45, 7) is 0. The number of nitrogens with zero attached hydrogens (tertiary/aromatic N) is 1. The van der Waals surface area contributed by atoms with Crippen molar-refractivity contribution in [2.24, 2.45) is 0 Å². The van der Waals surface area contributed by atoms with Crippen LogP contribution in [0.3, 0.4) is 0 Å². The number of hydrogen-bond donors (Lipinski definition) is 2. The van der Waals surface area contributed by atoms with Gasteiger partial charge < -0.3 is 10.6 Å². The van der Waals surface area contributed by atoms with Gasteiger partial charge in [0.2, 0.25) is 0 Å². The van der Waals surface area contributed by atoms with Crippen LogP contribution >= 0.6 is 12.4 Å². The lowest BCUT2D eigenvalue weighted by Crippen LogP contribution is -2.48. The topological polar surface area (TPSA) is 84.3 Å². The third-order valence-corrected chi connectivity index (χ3v) is 4.15. The molecule has 2 saturated heterocycles. The molecule has 1 aromatic rings. The molecular formula is C14H18ClN3O3. The molecule has 0 spiro atoms. The second kappa shape index (κ2) is 6.41. The average molecular weight is 312 g/mol. The zero-order chi connectivity index (χ0) is 14.1. The Kier molecular flexibility index (Phi) is 4.80. The van der Waals surface area contributed by atoms with E-state index in [9.17, 15) is 14.9 Å². The van der Waals surface area contributed by atoms with Crippen LogP contribution in [0.25, 0.3) is 0 Å². The first kappa shape index (κ1) is 15.7. The van der Waals surface area contributed by atoms with E-state index in [0.717, 1.165) is 12.8 Å². The lowest BCUT2D eigenvalue weighted by Gasteiger charge is -2.29. The largest absolute Gasteiger partial charge is 0.349 e. The number of fused-ring (bicyclic) bond motifs is 2. The summed E-state index contributed by atoms with van der Waals surface area (Å²) in [5.74, 6) is -0.147. The van der Waals surface area contributed by atoms with Crippen LogP contribution in [-0.4, -0.2) is 29.0 Å². The van der Waals surface area contributed by atoms with Crippen molar-refractivity contribution in [2.75, 3.05) is 0 Å². The molecule has 2 atom stereocenters. The van der Waals surface area contributed by atoms with Gasteiger partial charge in [-0.15, -0.1) is 12.4 Å². The molecule has 2 N–H and O–H groups in total. The number of nitro benzene ring substituents is 1. The molecule has 2 aliphatic heterocycles. The third kappa shape index (κ3) is 3.51. The maximum absolute atomic E-state index is 12.1. The van der Waals surface area contributed by atoms with Gasteiger partial charge in [0.25, 0.3) is 11.6 Å². The van der Waals surface area contributed by atoms with E-state index in [4.69, 9.17) is 0 Å². The Labute approximate surface area is 128 Å². The van der Waals surface area contributed by atoms with E-state index in [2.05, 4.69) is 10.6 Å². The zero-order valence-corrected chi connectivity index (χ0v) is 12.3. The van der Waals surface area contributed by atoms with Crippen LogP contribution in [0, 0.1) is 10.1 Å². The number of nitro groups is 1. The fraction of sp³-hybridized carbons (Fsp3) is 0.500. The Morgan fingerprint density at radius 3 is 2.29 bits per heavy atom. The summed E-state index contributed by atoms with van der Waals surface area (Å²) >= 11 is 0. The van der Waals surface area contributed by atoms with E-state index < -0.39 is 4.92 Å². The van der Waals surface area contributed by atoms with Crippen molar-refractivity contribution < 1.29 is 9.72 Å². The van der Waals surface area contributed by atoms with Gasteiger partial charge in [-0.2, -0.15) is 0 Å². The number of non-ortho nitro benzene ring substituents is 1. The highest BCUT2D eigenvalue weighted by atomic mass is 35.5. The summed E-state index contributed by atoms with van der Waals surface area (Å²) < 4.78 is 0. The van der Waals surface area contributed by atoms with E-state index in [1.54, 1.807) is 0 Å². The number of halogens is 1. The molecule has 2 bridgehead atoms. The van der Waals surface area contributed by atoms with E-state index in [1.807, 2.05) is 0 Å². The highest BCUT2D eigenvalue weighted by molar-refractivity contribution is 5.94. The highest BCUT2D eigenvalue weighted by Crippen LogP contribution is 2.27. The summed E-state index contributed by atoms with van der Waals surface area (Å²) in [7, 11) is 0. The van der Waals surface area contributed by atoms with Crippen LogP contribution in [0.1, 0.15) is 36.0 Å². The summed E-state index contributed by atoms with van der Waals surface area (Å²) in [4.78, 5) is 22.2. The summed E-state index contributed by atoms with van der Waals surface area (Å²) in [5, 5.41) is 17.1. The molecule has 2 heterocycles. The molecule has 0 aromatic heterocycles. The van der Waals surface area contributed by atoms with Gasteiger partial charge in [0.1, 0.15) is 0 Å². The Morgan fingerprint density at radius 2 is 1.76 bits per heavy atom. The van der Waals surface area contributed by atoms with Gasteiger partial charge in [0.05, 0.1) is 4.92 Å². The maximum Gasteiger partial charge on any atom is 0.269 e. The third-order valence-electron chi connectivity index (χ3n) is 4.15. The molecule has 21 heavy (non-hydrogen) atoms. The van der Waals surface area contributed by atoms with Crippen molar-refractivity contribution in [1.82, 2.24) is 10.6 Å². The molecule has 2 fully saturated rings. The molecule has 114 valence electrons. The van der Waals surface area contributed by atoms with Crippen molar-refractivity contribution in [1.29, 1.82) is 0 Å². The average Bonchev–Trinajstić information content (AvgIpc) is 2.78. The van der Waals surface area contributed by atoms with Crippen molar-refractivity contribution in [3.05, 3.63) is 39.9 Å². The van der Waals surface area contributed by atoms with E-state index in [1.165, 1.54) is 37.1 Å². The first-order valence-electron chi connectivity index (χ1n) is 6.93. The highest BCUT2D eigenvalue weighted by Gasteiger charge is 2.34. The lowest BCUT2D eigenvalue weighted by atomic mass is 9.99. The van der Waals surface area contributed by atoms with E-state index >= 15 is 0 Å². The minimum Gasteiger partial charge on any atom is -0.349 e. The standard InChI is InChI=1S/C14H17N3O3.ClH/c18-14(9-1-5-13(6-2-9)17(19)20)16-12-7-10-3-4-11(8-12)15-10;/h1-2,5-6,10-12,15H,3-4,7-8H2,(H,16,18);1H.